The number of rotatable bonds is 2. The fourth-order valence-electron chi connectivity index (χ4n) is 1.27. The molecule has 2 aromatic heterocycles. The lowest BCUT2D eigenvalue weighted by molar-refractivity contribution is 0.101. The molecule has 3 heteroatoms. The monoisotopic (exact) mass is 214 g/mol. The average molecular weight is 214 g/mol. The van der Waals surface area contributed by atoms with Crippen molar-refractivity contribution in [1.82, 2.24) is 9.97 Å². The second-order valence-corrected chi connectivity index (χ2v) is 3.20. The van der Waals surface area contributed by atoms with E-state index >= 15 is 0 Å². The largest absolute Gasteiger partial charge is 0.294 e. The summed E-state index contributed by atoms with van der Waals surface area (Å²) in [6.45, 7) is 1.53. The molecular weight excluding hydrogens is 200 g/mol. The first-order valence-corrected chi connectivity index (χ1v) is 4.66. The number of hydrogen-bond acceptors (Lipinski definition) is 3. The van der Waals surface area contributed by atoms with Gasteiger partial charge in [0, 0.05) is 18.0 Å². The van der Waals surface area contributed by atoms with Gasteiger partial charge in [-0.05, 0) is 31.2 Å². The molecule has 0 aromatic carbocycles. The summed E-state index contributed by atoms with van der Waals surface area (Å²) in [4.78, 5) is 19.4. The molecule has 0 N–H and O–H groups in total. The molecular formula is C13H14N2O. The van der Waals surface area contributed by atoms with Crippen LogP contribution in [0.3, 0.4) is 0 Å². The van der Waals surface area contributed by atoms with Crippen LogP contribution in [0.2, 0.25) is 0 Å². The van der Waals surface area contributed by atoms with E-state index < -0.39 is 0 Å². The van der Waals surface area contributed by atoms with Crippen LogP contribution in [0, 0.1) is 0 Å². The number of nitrogens with zero attached hydrogens (tertiary/aromatic N) is 2. The number of carbonyl (C=O) groups is 1. The predicted molar refractivity (Wildman–Crippen MR) is 64.2 cm³/mol. The fourth-order valence-corrected chi connectivity index (χ4v) is 1.27. The zero-order valence-corrected chi connectivity index (χ0v) is 8.34. The minimum atomic E-state index is 0. The van der Waals surface area contributed by atoms with E-state index in [9.17, 15) is 4.79 Å². The highest BCUT2D eigenvalue weighted by Gasteiger charge is 2.02. The van der Waals surface area contributed by atoms with Crippen molar-refractivity contribution >= 4 is 5.78 Å². The average Bonchev–Trinajstić information content (AvgIpc) is 2.30. The van der Waals surface area contributed by atoms with Crippen molar-refractivity contribution < 1.29 is 4.79 Å². The molecule has 0 fully saturated rings. The SMILES string of the molecule is C.CC(=O)c1ccc(-c2ccccn2)nc1. The molecule has 0 spiro atoms. The number of Topliss-reactive ketones (excluding diaryl/α,β-unsaturated/α-hetero) is 1. The summed E-state index contributed by atoms with van der Waals surface area (Å²) in [6, 6.07) is 9.21. The molecule has 0 amide bonds. The van der Waals surface area contributed by atoms with Crippen LogP contribution in [0.15, 0.2) is 42.7 Å². The van der Waals surface area contributed by atoms with Gasteiger partial charge in [-0.1, -0.05) is 13.5 Å². The number of hydrogen-bond donors (Lipinski definition) is 0. The van der Waals surface area contributed by atoms with Gasteiger partial charge in [0.25, 0.3) is 0 Å². The Hall–Kier alpha value is -2.03. The van der Waals surface area contributed by atoms with Gasteiger partial charge in [0.1, 0.15) is 0 Å². The minimum absolute atomic E-state index is 0. The molecule has 0 unspecified atom stereocenters. The third-order valence-electron chi connectivity index (χ3n) is 2.10. The molecule has 2 aromatic rings. The van der Waals surface area contributed by atoms with Crippen molar-refractivity contribution in [2.24, 2.45) is 0 Å². The zero-order chi connectivity index (χ0) is 10.7. The van der Waals surface area contributed by atoms with Crippen LogP contribution in [0.25, 0.3) is 11.4 Å². The Kier molecular flexibility index (Phi) is 3.89. The molecule has 0 aliphatic carbocycles. The molecule has 82 valence electrons. The quantitative estimate of drug-likeness (QED) is 0.722. The smallest absolute Gasteiger partial charge is 0.161 e. The van der Waals surface area contributed by atoms with Crippen LogP contribution in [0.1, 0.15) is 24.7 Å². The lowest BCUT2D eigenvalue weighted by Crippen LogP contribution is -1.94. The molecule has 16 heavy (non-hydrogen) atoms. The molecule has 0 aliphatic heterocycles. The molecule has 3 nitrogen and oxygen atoms in total. The number of pyridine rings is 2. The molecule has 0 radical (unpaired) electrons. The van der Waals surface area contributed by atoms with Gasteiger partial charge in [0.2, 0.25) is 0 Å². The van der Waals surface area contributed by atoms with Gasteiger partial charge in [0.15, 0.2) is 5.78 Å². The predicted octanol–water partition coefficient (Wildman–Crippen LogP) is 2.98. The highest BCUT2D eigenvalue weighted by Crippen LogP contribution is 2.13. The van der Waals surface area contributed by atoms with Gasteiger partial charge in [-0.25, -0.2) is 0 Å². The maximum atomic E-state index is 11.0. The van der Waals surface area contributed by atoms with E-state index in [1.807, 2.05) is 18.2 Å². The van der Waals surface area contributed by atoms with E-state index in [0.29, 0.717) is 5.56 Å². The van der Waals surface area contributed by atoms with Crippen LogP contribution in [0.5, 0.6) is 0 Å². The van der Waals surface area contributed by atoms with Gasteiger partial charge < -0.3 is 0 Å². The highest BCUT2D eigenvalue weighted by atomic mass is 16.1. The summed E-state index contributed by atoms with van der Waals surface area (Å²) in [6.07, 6.45) is 3.29. The molecule has 0 saturated carbocycles. The standard InChI is InChI=1S/C12H10N2O.CH4/c1-9(15)10-5-6-12(14-8-10)11-4-2-3-7-13-11;/h2-8H,1H3;1H4. The van der Waals surface area contributed by atoms with Crippen molar-refractivity contribution in [2.45, 2.75) is 14.4 Å². The van der Waals surface area contributed by atoms with Crippen LogP contribution in [-0.4, -0.2) is 15.8 Å². The Morgan fingerprint density at radius 2 is 1.81 bits per heavy atom. The third-order valence-corrected chi connectivity index (χ3v) is 2.10. The Labute approximate surface area is 95.2 Å². The summed E-state index contributed by atoms with van der Waals surface area (Å²) in [5.41, 5.74) is 2.21. The van der Waals surface area contributed by atoms with Crippen molar-refractivity contribution in [1.29, 1.82) is 0 Å². The molecule has 2 rings (SSSR count). The molecule has 2 heterocycles. The fraction of sp³-hybridized carbons (Fsp3) is 0.154. The van der Waals surface area contributed by atoms with Crippen LogP contribution >= 0.6 is 0 Å². The summed E-state index contributed by atoms with van der Waals surface area (Å²) in [5.74, 6) is 0.0232. The zero-order valence-electron chi connectivity index (χ0n) is 8.34. The lowest BCUT2D eigenvalue weighted by atomic mass is 10.2. The minimum Gasteiger partial charge on any atom is -0.294 e. The maximum absolute atomic E-state index is 11.0. The van der Waals surface area contributed by atoms with Crippen molar-refractivity contribution in [3.8, 4) is 11.4 Å². The maximum Gasteiger partial charge on any atom is 0.161 e. The van der Waals surface area contributed by atoms with Crippen LogP contribution in [0.4, 0.5) is 0 Å². The normalized spacial score (nSPS) is 9.31. The Morgan fingerprint density at radius 3 is 2.31 bits per heavy atom. The topological polar surface area (TPSA) is 42.9 Å². The van der Waals surface area contributed by atoms with E-state index in [-0.39, 0.29) is 13.2 Å². The number of ketones is 1. The third kappa shape index (κ3) is 2.51. The van der Waals surface area contributed by atoms with Crippen molar-refractivity contribution in [2.75, 3.05) is 0 Å². The second-order valence-electron chi connectivity index (χ2n) is 3.20. The molecule has 0 atom stereocenters. The summed E-state index contributed by atoms with van der Waals surface area (Å²) in [7, 11) is 0. The Bertz CT molecular complexity index is 463. The molecule has 0 saturated heterocycles. The van der Waals surface area contributed by atoms with E-state index in [1.165, 1.54) is 6.92 Å². The van der Waals surface area contributed by atoms with Crippen LogP contribution < -0.4 is 0 Å². The van der Waals surface area contributed by atoms with Gasteiger partial charge in [-0.15, -0.1) is 0 Å². The Balaban J connectivity index is 0.00000128. The van der Waals surface area contributed by atoms with E-state index in [4.69, 9.17) is 0 Å². The van der Waals surface area contributed by atoms with Gasteiger partial charge in [0.05, 0.1) is 11.4 Å². The van der Waals surface area contributed by atoms with Gasteiger partial charge in [-0.3, -0.25) is 14.8 Å². The highest BCUT2D eigenvalue weighted by molar-refractivity contribution is 5.93. The van der Waals surface area contributed by atoms with Crippen molar-refractivity contribution in [3.05, 3.63) is 48.3 Å². The van der Waals surface area contributed by atoms with E-state index in [1.54, 1.807) is 24.5 Å². The lowest BCUT2D eigenvalue weighted by Gasteiger charge is -1.99. The van der Waals surface area contributed by atoms with E-state index in [2.05, 4.69) is 9.97 Å². The number of carbonyl (C=O) groups excluding carboxylic acids is 1. The van der Waals surface area contributed by atoms with Crippen molar-refractivity contribution in [3.63, 3.8) is 0 Å². The van der Waals surface area contributed by atoms with Gasteiger partial charge in [-0.2, -0.15) is 0 Å². The summed E-state index contributed by atoms with van der Waals surface area (Å²) < 4.78 is 0. The summed E-state index contributed by atoms with van der Waals surface area (Å²) in [5, 5.41) is 0. The first kappa shape index (κ1) is 12.0. The first-order valence-electron chi connectivity index (χ1n) is 4.66. The Morgan fingerprint density at radius 1 is 1.06 bits per heavy atom. The van der Waals surface area contributed by atoms with Gasteiger partial charge >= 0.3 is 0 Å². The molecule has 0 bridgehead atoms. The van der Waals surface area contributed by atoms with Crippen LogP contribution in [-0.2, 0) is 0 Å². The number of aromatic nitrogens is 2. The second kappa shape index (κ2) is 5.16. The van der Waals surface area contributed by atoms with E-state index in [0.717, 1.165) is 11.4 Å². The summed E-state index contributed by atoms with van der Waals surface area (Å²) >= 11 is 0. The first-order chi connectivity index (χ1) is 7.27. The molecule has 0 aliphatic rings.